The van der Waals surface area contributed by atoms with Crippen molar-refractivity contribution in [2.24, 2.45) is 0 Å². The SMILES string of the molecule is CCc1nc(C2CCCCN2C(=O)OC(C)(C)C)[nH]c1C. The maximum Gasteiger partial charge on any atom is 0.410 e. The number of hydrogen-bond donors (Lipinski definition) is 1. The number of H-pyrrole nitrogens is 1. The van der Waals surface area contributed by atoms with Gasteiger partial charge in [0.25, 0.3) is 0 Å². The molecule has 0 aliphatic carbocycles. The van der Waals surface area contributed by atoms with Crippen molar-refractivity contribution in [3.63, 3.8) is 0 Å². The standard InChI is InChI=1S/C16H27N3O2/c1-6-12-11(2)17-14(18-12)13-9-7-8-10-19(13)15(20)21-16(3,4)5/h13H,6-10H2,1-5H3,(H,17,18). The van der Waals surface area contributed by atoms with Gasteiger partial charge in [0.15, 0.2) is 0 Å². The molecule has 1 fully saturated rings. The number of nitrogens with one attached hydrogen (secondary N) is 1. The largest absolute Gasteiger partial charge is 0.444 e. The Kier molecular flexibility index (Phi) is 4.59. The normalized spacial score (nSPS) is 19.7. The summed E-state index contributed by atoms with van der Waals surface area (Å²) in [6.45, 7) is 10.6. The van der Waals surface area contributed by atoms with Crippen LogP contribution in [-0.2, 0) is 11.2 Å². The number of carbonyl (C=O) groups is 1. The highest BCUT2D eigenvalue weighted by atomic mass is 16.6. The molecule has 21 heavy (non-hydrogen) atoms. The first-order valence-corrected chi connectivity index (χ1v) is 7.87. The van der Waals surface area contributed by atoms with Gasteiger partial charge in [-0.2, -0.15) is 0 Å². The lowest BCUT2D eigenvalue weighted by Crippen LogP contribution is -2.42. The van der Waals surface area contributed by atoms with Gasteiger partial charge in [-0.1, -0.05) is 6.92 Å². The molecule has 0 spiro atoms. The number of piperidine rings is 1. The number of amides is 1. The summed E-state index contributed by atoms with van der Waals surface area (Å²) in [5.41, 5.74) is 1.72. The fourth-order valence-electron chi connectivity index (χ4n) is 2.78. The van der Waals surface area contributed by atoms with Gasteiger partial charge in [-0.05, 0) is 53.4 Å². The highest BCUT2D eigenvalue weighted by Crippen LogP contribution is 2.31. The number of aryl methyl sites for hydroxylation is 2. The summed E-state index contributed by atoms with van der Waals surface area (Å²) >= 11 is 0. The molecule has 1 aromatic rings. The van der Waals surface area contributed by atoms with Crippen LogP contribution in [0.2, 0.25) is 0 Å². The molecule has 1 aromatic heterocycles. The van der Waals surface area contributed by atoms with Gasteiger partial charge in [0.05, 0.1) is 11.7 Å². The lowest BCUT2D eigenvalue weighted by Gasteiger charge is -2.35. The van der Waals surface area contributed by atoms with Crippen LogP contribution in [0.1, 0.15) is 70.2 Å². The Labute approximate surface area is 127 Å². The molecule has 0 aromatic carbocycles. The second-order valence-electron chi connectivity index (χ2n) is 6.73. The lowest BCUT2D eigenvalue weighted by molar-refractivity contribution is 0.00851. The predicted molar refractivity (Wildman–Crippen MR) is 82.2 cm³/mol. The van der Waals surface area contributed by atoms with Crippen molar-refractivity contribution in [2.75, 3.05) is 6.54 Å². The average molecular weight is 293 g/mol. The molecule has 2 rings (SSSR count). The van der Waals surface area contributed by atoms with Crippen LogP contribution in [0, 0.1) is 6.92 Å². The first-order chi connectivity index (χ1) is 9.81. The van der Waals surface area contributed by atoms with Crippen LogP contribution >= 0.6 is 0 Å². The molecule has 1 amide bonds. The Bertz CT molecular complexity index is 502. The highest BCUT2D eigenvalue weighted by molar-refractivity contribution is 5.68. The highest BCUT2D eigenvalue weighted by Gasteiger charge is 2.33. The number of aromatic amines is 1. The maximum atomic E-state index is 12.4. The number of likely N-dealkylation sites (tertiary alicyclic amines) is 1. The number of nitrogens with zero attached hydrogens (tertiary/aromatic N) is 2. The molecule has 0 radical (unpaired) electrons. The van der Waals surface area contributed by atoms with Crippen LogP contribution in [-0.4, -0.2) is 33.1 Å². The van der Waals surface area contributed by atoms with Crippen molar-refractivity contribution in [1.82, 2.24) is 14.9 Å². The van der Waals surface area contributed by atoms with Crippen molar-refractivity contribution in [2.45, 2.75) is 71.9 Å². The van der Waals surface area contributed by atoms with Crippen molar-refractivity contribution in [3.05, 3.63) is 17.2 Å². The van der Waals surface area contributed by atoms with Crippen LogP contribution in [0.4, 0.5) is 4.79 Å². The van der Waals surface area contributed by atoms with E-state index in [0.29, 0.717) is 0 Å². The van der Waals surface area contributed by atoms with E-state index in [1.54, 1.807) is 0 Å². The topological polar surface area (TPSA) is 58.2 Å². The summed E-state index contributed by atoms with van der Waals surface area (Å²) in [4.78, 5) is 22.3. The van der Waals surface area contributed by atoms with E-state index >= 15 is 0 Å². The average Bonchev–Trinajstić information content (AvgIpc) is 2.78. The molecule has 1 aliphatic rings. The number of carbonyl (C=O) groups excluding carboxylic acids is 1. The van der Waals surface area contributed by atoms with Crippen LogP contribution in [0.15, 0.2) is 0 Å². The summed E-state index contributed by atoms with van der Waals surface area (Å²) in [5.74, 6) is 0.898. The second-order valence-corrected chi connectivity index (χ2v) is 6.73. The third-order valence-corrected chi connectivity index (χ3v) is 3.79. The van der Waals surface area contributed by atoms with Gasteiger partial charge in [0.1, 0.15) is 11.4 Å². The van der Waals surface area contributed by atoms with E-state index in [1.807, 2.05) is 32.6 Å². The Hall–Kier alpha value is -1.52. The Morgan fingerprint density at radius 1 is 1.43 bits per heavy atom. The van der Waals surface area contributed by atoms with Gasteiger partial charge in [0, 0.05) is 12.2 Å². The molecule has 118 valence electrons. The molecule has 1 atom stereocenters. The number of rotatable bonds is 2. The number of aromatic nitrogens is 2. The maximum absolute atomic E-state index is 12.4. The zero-order valence-electron chi connectivity index (χ0n) is 13.8. The second kappa shape index (κ2) is 6.08. The third kappa shape index (κ3) is 3.77. The zero-order valence-corrected chi connectivity index (χ0v) is 13.8. The monoisotopic (exact) mass is 293 g/mol. The van der Waals surface area contributed by atoms with Gasteiger partial charge >= 0.3 is 6.09 Å². The van der Waals surface area contributed by atoms with Crippen molar-refractivity contribution in [1.29, 1.82) is 0 Å². The van der Waals surface area contributed by atoms with Crippen molar-refractivity contribution >= 4 is 6.09 Å². The van der Waals surface area contributed by atoms with Crippen LogP contribution in [0.5, 0.6) is 0 Å². The van der Waals surface area contributed by atoms with Gasteiger partial charge in [0.2, 0.25) is 0 Å². The summed E-state index contributed by atoms with van der Waals surface area (Å²) in [5, 5.41) is 0. The summed E-state index contributed by atoms with van der Waals surface area (Å²) in [6, 6.07) is 0.00704. The summed E-state index contributed by atoms with van der Waals surface area (Å²) in [7, 11) is 0. The molecule has 1 aliphatic heterocycles. The molecule has 2 heterocycles. The smallest absolute Gasteiger partial charge is 0.410 e. The van der Waals surface area contributed by atoms with E-state index < -0.39 is 5.60 Å². The third-order valence-electron chi connectivity index (χ3n) is 3.79. The quantitative estimate of drug-likeness (QED) is 0.903. The molecular formula is C16H27N3O2. The molecule has 5 nitrogen and oxygen atoms in total. The zero-order chi connectivity index (χ0) is 15.6. The minimum atomic E-state index is -0.466. The molecule has 0 saturated carbocycles. The van der Waals surface area contributed by atoms with E-state index in [4.69, 9.17) is 4.74 Å². The first kappa shape index (κ1) is 15.9. The summed E-state index contributed by atoms with van der Waals surface area (Å²) in [6.07, 6.45) is 3.75. The van der Waals surface area contributed by atoms with E-state index in [1.165, 1.54) is 0 Å². The molecule has 1 unspecified atom stereocenters. The fraction of sp³-hybridized carbons (Fsp3) is 0.750. The van der Waals surface area contributed by atoms with E-state index in [-0.39, 0.29) is 12.1 Å². The van der Waals surface area contributed by atoms with Crippen LogP contribution in [0.25, 0.3) is 0 Å². The minimum Gasteiger partial charge on any atom is -0.444 e. The van der Waals surface area contributed by atoms with Crippen molar-refractivity contribution < 1.29 is 9.53 Å². The lowest BCUT2D eigenvalue weighted by atomic mass is 10.0. The van der Waals surface area contributed by atoms with Crippen molar-refractivity contribution in [3.8, 4) is 0 Å². The van der Waals surface area contributed by atoms with Gasteiger partial charge in [-0.15, -0.1) is 0 Å². The van der Waals surface area contributed by atoms with Gasteiger partial charge in [-0.3, -0.25) is 4.90 Å². The Morgan fingerprint density at radius 2 is 2.14 bits per heavy atom. The van der Waals surface area contributed by atoms with Crippen LogP contribution in [0.3, 0.4) is 0 Å². The summed E-state index contributed by atoms with van der Waals surface area (Å²) < 4.78 is 5.54. The number of imidazole rings is 1. The van der Waals surface area contributed by atoms with Gasteiger partial charge in [-0.25, -0.2) is 9.78 Å². The number of hydrogen-bond acceptors (Lipinski definition) is 3. The van der Waals surface area contributed by atoms with E-state index in [2.05, 4.69) is 16.9 Å². The first-order valence-electron chi connectivity index (χ1n) is 7.87. The fourth-order valence-corrected chi connectivity index (χ4v) is 2.78. The molecular weight excluding hydrogens is 266 g/mol. The van der Waals surface area contributed by atoms with Crippen LogP contribution < -0.4 is 0 Å². The Morgan fingerprint density at radius 3 is 2.71 bits per heavy atom. The molecule has 5 heteroatoms. The van der Waals surface area contributed by atoms with E-state index in [0.717, 1.165) is 49.4 Å². The van der Waals surface area contributed by atoms with E-state index in [9.17, 15) is 4.79 Å². The number of ether oxygens (including phenoxy) is 1. The minimum absolute atomic E-state index is 0.00704. The Balaban J connectivity index is 2.20. The molecule has 1 N–H and O–H groups in total. The van der Waals surface area contributed by atoms with Gasteiger partial charge < -0.3 is 9.72 Å². The molecule has 1 saturated heterocycles. The predicted octanol–water partition coefficient (Wildman–Crippen LogP) is 3.74. The molecule has 0 bridgehead atoms.